The van der Waals surface area contributed by atoms with Crippen LogP contribution in [0.4, 0.5) is 0 Å². The lowest BCUT2D eigenvalue weighted by atomic mass is 10.2. The number of amides is 2. The molecule has 2 fully saturated rings. The Morgan fingerprint density at radius 3 is 2.29 bits per heavy atom. The maximum absolute atomic E-state index is 12.6. The van der Waals surface area contributed by atoms with Crippen LogP contribution in [0.5, 0.6) is 11.5 Å². The molecule has 4 rings (SSSR count). The van der Waals surface area contributed by atoms with Crippen LogP contribution in [0.25, 0.3) is 0 Å². The van der Waals surface area contributed by atoms with E-state index < -0.39 is 23.8 Å². The van der Waals surface area contributed by atoms with Gasteiger partial charge in [0.15, 0.2) is 0 Å². The molecule has 2 atom stereocenters. The Hall–Kier alpha value is -3.39. The van der Waals surface area contributed by atoms with Crippen LogP contribution in [0.2, 0.25) is 0 Å². The van der Waals surface area contributed by atoms with Gasteiger partial charge in [0.25, 0.3) is 5.91 Å². The molecule has 1 aliphatic heterocycles. The number of likely N-dealkylation sites (tertiary alicyclic amines) is 1. The molecule has 8 nitrogen and oxygen atoms in total. The van der Waals surface area contributed by atoms with Gasteiger partial charge in [-0.1, -0.05) is 18.2 Å². The number of aliphatic carboxylic acids is 1. The Kier molecular flexibility index (Phi) is 6.18. The topological polar surface area (TPSA) is 105 Å². The van der Waals surface area contributed by atoms with Crippen molar-refractivity contribution in [3.8, 4) is 11.5 Å². The molecule has 2 aromatic carbocycles. The van der Waals surface area contributed by atoms with E-state index in [1.165, 1.54) is 4.90 Å². The van der Waals surface area contributed by atoms with Crippen LogP contribution in [-0.4, -0.2) is 59.1 Å². The third-order valence-electron chi connectivity index (χ3n) is 5.27. The fourth-order valence-corrected chi connectivity index (χ4v) is 3.54. The van der Waals surface area contributed by atoms with Crippen LogP contribution < -0.4 is 10.1 Å². The van der Waals surface area contributed by atoms with E-state index in [2.05, 4.69) is 5.32 Å². The van der Waals surface area contributed by atoms with E-state index in [0.717, 1.165) is 12.8 Å². The molecule has 1 saturated carbocycles. The highest BCUT2D eigenvalue weighted by Crippen LogP contribution is 2.30. The van der Waals surface area contributed by atoms with Crippen molar-refractivity contribution < 1.29 is 29.0 Å². The Balaban J connectivity index is 1.30. The summed E-state index contributed by atoms with van der Waals surface area (Å²) < 4.78 is 11.5. The van der Waals surface area contributed by atoms with Crippen LogP contribution in [0.1, 0.15) is 29.6 Å². The molecule has 0 bridgehead atoms. The molecule has 2 aliphatic rings. The highest BCUT2D eigenvalue weighted by atomic mass is 16.5. The van der Waals surface area contributed by atoms with Gasteiger partial charge in [0.2, 0.25) is 5.91 Å². The number of para-hydroxylation sites is 1. The van der Waals surface area contributed by atoms with Crippen LogP contribution in [0.15, 0.2) is 54.6 Å². The van der Waals surface area contributed by atoms with Gasteiger partial charge in [-0.15, -0.1) is 0 Å². The van der Waals surface area contributed by atoms with Gasteiger partial charge in [-0.2, -0.15) is 0 Å². The van der Waals surface area contributed by atoms with Crippen LogP contribution >= 0.6 is 0 Å². The molecular weight excluding hydrogens is 400 g/mol. The summed E-state index contributed by atoms with van der Waals surface area (Å²) in [5, 5.41) is 12.0. The number of ether oxygens (including phenoxy) is 2. The van der Waals surface area contributed by atoms with E-state index in [-0.39, 0.29) is 31.7 Å². The quantitative estimate of drug-likeness (QED) is 0.674. The second kappa shape index (κ2) is 9.18. The van der Waals surface area contributed by atoms with Crippen molar-refractivity contribution in [3.05, 3.63) is 60.2 Å². The van der Waals surface area contributed by atoms with Crippen molar-refractivity contribution in [2.45, 2.75) is 37.5 Å². The summed E-state index contributed by atoms with van der Waals surface area (Å²) in [7, 11) is 0. The zero-order valence-corrected chi connectivity index (χ0v) is 16.9. The molecule has 1 heterocycles. The van der Waals surface area contributed by atoms with E-state index in [4.69, 9.17) is 9.47 Å². The second-order valence-electron chi connectivity index (χ2n) is 7.72. The molecule has 0 radical (unpaired) electrons. The lowest BCUT2D eigenvalue weighted by Crippen LogP contribution is -2.45. The molecule has 31 heavy (non-hydrogen) atoms. The zero-order valence-electron chi connectivity index (χ0n) is 16.9. The molecule has 1 saturated heterocycles. The van der Waals surface area contributed by atoms with Gasteiger partial charge < -0.3 is 24.8 Å². The first-order valence-electron chi connectivity index (χ1n) is 10.3. The average molecular weight is 424 g/mol. The number of benzene rings is 2. The lowest BCUT2D eigenvalue weighted by molar-refractivity contribution is -0.147. The fraction of sp³-hybridized carbons (Fsp3) is 0.348. The summed E-state index contributed by atoms with van der Waals surface area (Å²) >= 11 is 0. The molecule has 0 unspecified atom stereocenters. The standard InChI is InChI=1S/C23H24N2O6/c26-21(25-14-19(31-18-10-11-18)12-20(25)23(28)29)13-24-22(27)15-6-8-17(9-7-15)30-16-4-2-1-3-5-16/h1-9,18-20H,10-14H2,(H,24,27)(H,28,29)/t19-,20+/m1/s1. The van der Waals surface area contributed by atoms with Crippen LogP contribution in [0.3, 0.4) is 0 Å². The molecule has 2 aromatic rings. The number of nitrogens with one attached hydrogen (secondary N) is 1. The number of carboxylic acids is 1. The average Bonchev–Trinajstić information content (AvgIpc) is 3.48. The number of hydrogen-bond acceptors (Lipinski definition) is 5. The molecule has 1 aliphatic carbocycles. The minimum Gasteiger partial charge on any atom is -0.480 e. The number of nitrogens with zero attached hydrogens (tertiary/aromatic N) is 1. The Morgan fingerprint density at radius 1 is 0.968 bits per heavy atom. The van der Waals surface area contributed by atoms with Crippen molar-refractivity contribution >= 4 is 17.8 Å². The maximum Gasteiger partial charge on any atom is 0.326 e. The van der Waals surface area contributed by atoms with Gasteiger partial charge >= 0.3 is 5.97 Å². The highest BCUT2D eigenvalue weighted by molar-refractivity contribution is 5.97. The number of carbonyl (C=O) groups is 3. The normalized spacial score (nSPS) is 20.3. The molecule has 0 spiro atoms. The number of hydrogen-bond donors (Lipinski definition) is 2. The first kappa shape index (κ1) is 20.9. The van der Waals surface area contributed by atoms with E-state index >= 15 is 0 Å². The van der Waals surface area contributed by atoms with Crippen LogP contribution in [0, 0.1) is 0 Å². The highest BCUT2D eigenvalue weighted by Gasteiger charge is 2.42. The summed E-state index contributed by atoms with van der Waals surface area (Å²) in [4.78, 5) is 37.8. The lowest BCUT2D eigenvalue weighted by Gasteiger charge is -2.21. The summed E-state index contributed by atoms with van der Waals surface area (Å²) in [6, 6.07) is 14.9. The van der Waals surface area contributed by atoms with Gasteiger partial charge in [0.05, 0.1) is 18.8 Å². The van der Waals surface area contributed by atoms with Gasteiger partial charge in [0, 0.05) is 18.5 Å². The summed E-state index contributed by atoms with van der Waals surface area (Å²) in [6.07, 6.45) is 2.14. The molecule has 8 heteroatoms. The predicted molar refractivity (Wildman–Crippen MR) is 111 cm³/mol. The molecular formula is C23H24N2O6. The SMILES string of the molecule is O=C(NCC(=O)N1C[C@H](OC2CC2)C[C@H]1C(=O)O)c1ccc(Oc2ccccc2)cc1. The number of rotatable bonds is 8. The smallest absolute Gasteiger partial charge is 0.326 e. The predicted octanol–water partition coefficient (Wildman–Crippen LogP) is 2.44. The maximum atomic E-state index is 12.6. The monoisotopic (exact) mass is 424 g/mol. The van der Waals surface area contributed by atoms with E-state index in [9.17, 15) is 19.5 Å². The minimum atomic E-state index is -1.06. The fourth-order valence-electron chi connectivity index (χ4n) is 3.54. The Bertz CT molecular complexity index is 942. The van der Waals surface area contributed by atoms with Crippen molar-refractivity contribution in [1.82, 2.24) is 10.2 Å². The van der Waals surface area contributed by atoms with E-state index in [0.29, 0.717) is 17.1 Å². The first-order chi connectivity index (χ1) is 15.0. The first-order valence-corrected chi connectivity index (χ1v) is 10.3. The van der Waals surface area contributed by atoms with Gasteiger partial charge in [0.1, 0.15) is 17.5 Å². The Labute approximate surface area is 179 Å². The zero-order chi connectivity index (χ0) is 21.8. The van der Waals surface area contributed by atoms with Crippen molar-refractivity contribution in [3.63, 3.8) is 0 Å². The number of carbonyl (C=O) groups excluding carboxylic acids is 2. The minimum absolute atomic E-state index is 0.183. The Morgan fingerprint density at radius 2 is 1.65 bits per heavy atom. The molecule has 162 valence electrons. The third kappa shape index (κ3) is 5.40. The summed E-state index contributed by atoms with van der Waals surface area (Å²) in [5.41, 5.74) is 0.374. The third-order valence-corrected chi connectivity index (χ3v) is 5.27. The summed E-state index contributed by atoms with van der Waals surface area (Å²) in [6.45, 7) is -0.0469. The summed E-state index contributed by atoms with van der Waals surface area (Å²) in [5.74, 6) is -0.645. The van der Waals surface area contributed by atoms with E-state index in [1.54, 1.807) is 24.3 Å². The molecule has 2 N–H and O–H groups in total. The van der Waals surface area contributed by atoms with Crippen molar-refractivity contribution in [2.24, 2.45) is 0 Å². The van der Waals surface area contributed by atoms with Crippen LogP contribution in [-0.2, 0) is 14.3 Å². The molecule has 2 amide bonds. The van der Waals surface area contributed by atoms with Crippen molar-refractivity contribution in [2.75, 3.05) is 13.1 Å². The van der Waals surface area contributed by atoms with E-state index in [1.807, 2.05) is 30.3 Å². The number of carboxylic acid groups (broad SMARTS) is 1. The van der Waals surface area contributed by atoms with Crippen molar-refractivity contribution in [1.29, 1.82) is 0 Å². The largest absolute Gasteiger partial charge is 0.480 e. The molecule has 0 aromatic heterocycles. The van der Waals surface area contributed by atoms with Gasteiger partial charge in [-0.05, 0) is 49.2 Å². The van der Waals surface area contributed by atoms with Gasteiger partial charge in [-0.3, -0.25) is 9.59 Å². The van der Waals surface area contributed by atoms with Gasteiger partial charge in [-0.25, -0.2) is 4.79 Å². The second-order valence-corrected chi connectivity index (χ2v) is 7.72.